The van der Waals surface area contributed by atoms with Crippen molar-refractivity contribution in [3.05, 3.63) is 28.8 Å². The molecular weight excluding hydrogens is 346 g/mol. The summed E-state index contributed by atoms with van der Waals surface area (Å²) in [5.74, 6) is -0.490. The van der Waals surface area contributed by atoms with Gasteiger partial charge in [-0.1, -0.05) is 17.7 Å². The average molecular weight is 370 g/mol. The molecule has 0 bridgehead atoms. The van der Waals surface area contributed by atoms with Gasteiger partial charge in [0.15, 0.2) is 5.60 Å². The lowest BCUT2D eigenvalue weighted by Gasteiger charge is -2.40. The van der Waals surface area contributed by atoms with Gasteiger partial charge in [0.2, 0.25) is 0 Å². The van der Waals surface area contributed by atoms with Gasteiger partial charge in [-0.25, -0.2) is 4.79 Å². The molecule has 1 aromatic rings. The molecule has 1 amide bonds. The fourth-order valence-corrected chi connectivity index (χ4v) is 3.06. The first-order valence-electron chi connectivity index (χ1n) is 8.18. The predicted octanol–water partition coefficient (Wildman–Crippen LogP) is 2.33. The van der Waals surface area contributed by atoms with Crippen LogP contribution in [0.25, 0.3) is 0 Å². The number of aliphatic hydroxyl groups excluding tert-OH is 1. The number of halogens is 1. The second-order valence-electron chi connectivity index (χ2n) is 6.76. The Bertz CT molecular complexity index is 661. The maximum atomic E-state index is 13.0. The van der Waals surface area contributed by atoms with Crippen molar-refractivity contribution in [2.24, 2.45) is 0 Å². The Kier molecular flexibility index (Phi) is 5.95. The number of aliphatic hydroxyl groups is 1. The fourth-order valence-electron chi connectivity index (χ4n) is 2.90. The van der Waals surface area contributed by atoms with Crippen LogP contribution in [-0.4, -0.2) is 53.3 Å². The molecule has 1 N–H and O–H groups in total. The summed E-state index contributed by atoms with van der Waals surface area (Å²) in [5.41, 5.74) is -0.275. The Hall–Kier alpha value is -1.79. The third kappa shape index (κ3) is 4.44. The van der Waals surface area contributed by atoms with Crippen LogP contribution in [0, 0.1) is 6.92 Å². The van der Waals surface area contributed by atoms with Crippen molar-refractivity contribution in [1.29, 1.82) is 0 Å². The first-order valence-corrected chi connectivity index (χ1v) is 8.55. The van der Waals surface area contributed by atoms with Crippen LogP contribution in [0.5, 0.6) is 5.75 Å². The quantitative estimate of drug-likeness (QED) is 0.824. The van der Waals surface area contributed by atoms with E-state index < -0.39 is 23.7 Å². The maximum absolute atomic E-state index is 13.0. The van der Waals surface area contributed by atoms with Crippen LogP contribution in [0.1, 0.15) is 32.3 Å². The van der Waals surface area contributed by atoms with Crippen LogP contribution in [-0.2, 0) is 14.3 Å². The van der Waals surface area contributed by atoms with Gasteiger partial charge >= 0.3 is 5.97 Å². The number of benzene rings is 1. The lowest BCUT2D eigenvalue weighted by atomic mass is 9.96. The van der Waals surface area contributed by atoms with Crippen molar-refractivity contribution in [2.75, 3.05) is 13.7 Å². The summed E-state index contributed by atoms with van der Waals surface area (Å²) in [6, 6.07) is 4.50. The fraction of sp³-hybridized carbons (Fsp3) is 0.556. The Morgan fingerprint density at radius 2 is 2.04 bits per heavy atom. The number of ether oxygens (including phenoxy) is 2. The van der Waals surface area contributed by atoms with Crippen molar-refractivity contribution in [2.45, 2.75) is 51.4 Å². The summed E-state index contributed by atoms with van der Waals surface area (Å²) in [6.45, 7) is 5.42. The Morgan fingerprint density at radius 3 is 2.68 bits per heavy atom. The maximum Gasteiger partial charge on any atom is 0.328 e. The highest BCUT2D eigenvalue weighted by atomic mass is 35.5. The number of rotatable bonds is 4. The highest BCUT2D eigenvalue weighted by molar-refractivity contribution is 6.32. The number of carbonyl (C=O) groups excluding carboxylic acids is 2. The monoisotopic (exact) mass is 369 g/mol. The number of nitrogens with zero attached hydrogens (tertiary/aromatic N) is 1. The molecule has 1 aromatic carbocycles. The molecule has 138 valence electrons. The van der Waals surface area contributed by atoms with Crippen molar-refractivity contribution >= 4 is 23.5 Å². The normalized spacial score (nSPS) is 21.0. The first kappa shape index (κ1) is 19.5. The second kappa shape index (κ2) is 7.62. The largest absolute Gasteiger partial charge is 0.476 e. The number of esters is 1. The summed E-state index contributed by atoms with van der Waals surface area (Å²) in [7, 11) is 1.26. The standard InChI is InChI=1S/C18H24ClNO5/c1-11-5-6-13(19)15(9-11)25-18(2,3)17(23)20-8-7-12(21)10-14(20)16(22)24-4/h5-6,9,12,14,21H,7-8,10H2,1-4H3/t12-,14+/m1/s1. The lowest BCUT2D eigenvalue weighted by molar-refractivity contribution is -0.163. The Labute approximate surface area is 152 Å². The second-order valence-corrected chi connectivity index (χ2v) is 7.17. The van der Waals surface area contributed by atoms with Crippen LogP contribution in [0.4, 0.5) is 0 Å². The van der Waals surface area contributed by atoms with Gasteiger partial charge in [0.05, 0.1) is 18.2 Å². The molecule has 0 aliphatic carbocycles. The lowest BCUT2D eigenvalue weighted by Crippen LogP contribution is -2.58. The number of hydrogen-bond acceptors (Lipinski definition) is 5. The molecule has 1 aliphatic rings. The molecule has 0 saturated carbocycles. The third-order valence-corrected chi connectivity index (χ3v) is 4.59. The minimum atomic E-state index is -1.23. The topological polar surface area (TPSA) is 76.1 Å². The molecule has 0 radical (unpaired) electrons. The molecule has 1 fully saturated rings. The van der Waals surface area contributed by atoms with Gasteiger partial charge in [-0.15, -0.1) is 0 Å². The van der Waals surface area contributed by atoms with Crippen molar-refractivity contribution in [3.63, 3.8) is 0 Å². The van der Waals surface area contributed by atoms with Crippen molar-refractivity contribution < 1.29 is 24.2 Å². The summed E-state index contributed by atoms with van der Waals surface area (Å²) < 4.78 is 10.7. The van der Waals surface area contributed by atoms with Gasteiger partial charge in [-0.3, -0.25) is 4.79 Å². The molecule has 2 atom stereocenters. The smallest absolute Gasteiger partial charge is 0.328 e. The molecule has 2 rings (SSSR count). The zero-order chi connectivity index (χ0) is 18.8. The summed E-state index contributed by atoms with van der Waals surface area (Å²) in [5, 5.41) is 10.2. The van der Waals surface area contributed by atoms with Crippen LogP contribution < -0.4 is 4.74 Å². The molecule has 6 nitrogen and oxygen atoms in total. The van der Waals surface area contributed by atoms with E-state index in [-0.39, 0.29) is 18.9 Å². The van der Waals surface area contributed by atoms with Gasteiger partial charge < -0.3 is 19.5 Å². The summed E-state index contributed by atoms with van der Waals surface area (Å²) in [4.78, 5) is 26.5. The minimum Gasteiger partial charge on any atom is -0.476 e. The van der Waals surface area contributed by atoms with Gasteiger partial charge in [0.25, 0.3) is 5.91 Å². The van der Waals surface area contributed by atoms with E-state index in [1.54, 1.807) is 26.0 Å². The number of carbonyl (C=O) groups is 2. The van der Waals surface area contributed by atoms with Crippen LogP contribution in [0.2, 0.25) is 5.02 Å². The highest BCUT2D eigenvalue weighted by Gasteiger charge is 2.43. The minimum absolute atomic E-state index is 0.152. The van der Waals surface area contributed by atoms with E-state index in [0.717, 1.165) is 5.56 Å². The summed E-state index contributed by atoms with van der Waals surface area (Å²) in [6.07, 6.45) is -0.0800. The number of amides is 1. The van der Waals surface area contributed by atoms with E-state index in [1.165, 1.54) is 12.0 Å². The first-order chi connectivity index (χ1) is 11.7. The van der Waals surface area contributed by atoms with Crippen molar-refractivity contribution in [3.8, 4) is 5.75 Å². The number of aryl methyl sites for hydroxylation is 1. The van der Waals surface area contributed by atoms with Crippen LogP contribution in [0.15, 0.2) is 18.2 Å². The zero-order valence-corrected chi connectivity index (χ0v) is 15.7. The van der Waals surface area contributed by atoms with Crippen LogP contribution in [0.3, 0.4) is 0 Å². The third-order valence-electron chi connectivity index (χ3n) is 4.28. The van der Waals surface area contributed by atoms with Crippen molar-refractivity contribution in [1.82, 2.24) is 4.90 Å². The average Bonchev–Trinajstić information content (AvgIpc) is 2.56. The van der Waals surface area contributed by atoms with E-state index in [4.69, 9.17) is 21.1 Å². The molecule has 0 spiro atoms. The van der Waals surface area contributed by atoms with Gasteiger partial charge in [0, 0.05) is 13.0 Å². The van der Waals surface area contributed by atoms with E-state index in [2.05, 4.69) is 0 Å². The van der Waals surface area contributed by atoms with Gasteiger partial charge in [-0.2, -0.15) is 0 Å². The van der Waals surface area contributed by atoms with E-state index >= 15 is 0 Å². The molecule has 1 saturated heterocycles. The number of hydrogen-bond donors (Lipinski definition) is 1. The predicted molar refractivity (Wildman–Crippen MR) is 93.7 cm³/mol. The number of methoxy groups -OCH3 is 1. The molecular formula is C18H24ClNO5. The van der Waals surface area contributed by atoms with Crippen LogP contribution >= 0.6 is 11.6 Å². The molecule has 0 unspecified atom stereocenters. The molecule has 1 heterocycles. The van der Waals surface area contributed by atoms with E-state index in [9.17, 15) is 14.7 Å². The highest BCUT2D eigenvalue weighted by Crippen LogP contribution is 2.31. The zero-order valence-electron chi connectivity index (χ0n) is 14.9. The number of piperidine rings is 1. The van der Waals surface area contributed by atoms with Gasteiger partial charge in [-0.05, 0) is 44.9 Å². The molecule has 1 aliphatic heterocycles. The summed E-state index contributed by atoms with van der Waals surface area (Å²) >= 11 is 6.16. The van der Waals surface area contributed by atoms with E-state index in [0.29, 0.717) is 17.2 Å². The Balaban J connectivity index is 2.23. The van der Waals surface area contributed by atoms with Gasteiger partial charge in [0.1, 0.15) is 11.8 Å². The molecule has 7 heteroatoms. The SMILES string of the molecule is COC(=O)[C@@H]1C[C@H](O)CCN1C(=O)C(C)(C)Oc1cc(C)ccc1Cl. The molecule has 25 heavy (non-hydrogen) atoms. The molecule has 0 aromatic heterocycles. The number of likely N-dealkylation sites (tertiary alicyclic amines) is 1. The Morgan fingerprint density at radius 1 is 1.36 bits per heavy atom. The van der Waals surface area contributed by atoms with E-state index in [1.807, 2.05) is 13.0 Å².